The molecule has 0 aromatic heterocycles. The van der Waals surface area contributed by atoms with Crippen LogP contribution in [0.2, 0.25) is 0 Å². The largest absolute Gasteiger partial charge is 1.00 e. The molecule has 13 heteroatoms. The molecule has 2 aliphatic heterocycles. The molecule has 0 amide bonds. The van der Waals surface area contributed by atoms with Crippen LogP contribution in [0, 0.1) is 5.92 Å². The molecule has 2 heterocycles. The van der Waals surface area contributed by atoms with E-state index in [1.54, 1.807) is 0 Å². The quantitative estimate of drug-likeness (QED) is 0.0985. The summed E-state index contributed by atoms with van der Waals surface area (Å²) in [5.41, 5.74) is 7.30. The molecule has 0 fully saturated rings. The van der Waals surface area contributed by atoms with Crippen LogP contribution in [0.4, 0.5) is 11.4 Å². The van der Waals surface area contributed by atoms with E-state index in [1.807, 2.05) is 26.0 Å². The van der Waals surface area contributed by atoms with Crippen LogP contribution >= 0.6 is 0 Å². The van der Waals surface area contributed by atoms with Gasteiger partial charge in [-0.15, -0.1) is 0 Å². The number of benzene rings is 3. The fourth-order valence-electron chi connectivity index (χ4n) is 9.29. The Hall–Kier alpha value is -3.33. The Bertz CT molecular complexity index is 2430. The smallest absolute Gasteiger partial charge is 0.748 e. The van der Waals surface area contributed by atoms with Gasteiger partial charge in [-0.1, -0.05) is 76.2 Å². The first kappa shape index (κ1) is 49.7. The van der Waals surface area contributed by atoms with Crippen LogP contribution in [0.5, 0.6) is 5.75 Å². The van der Waals surface area contributed by atoms with Gasteiger partial charge in [-0.25, -0.2) is 16.8 Å². The number of nitrogens with one attached hydrogen (secondary N) is 1. The van der Waals surface area contributed by atoms with Gasteiger partial charge in [0.05, 0.1) is 27.0 Å². The Balaban J connectivity index is 0.00000726. The molecule has 10 nitrogen and oxygen atoms in total. The molecule has 0 saturated carbocycles. The molecule has 0 radical (unpaired) electrons. The van der Waals surface area contributed by atoms with E-state index in [0.29, 0.717) is 36.7 Å². The van der Waals surface area contributed by atoms with Crippen LogP contribution < -0.4 is 44.1 Å². The number of hydrogen-bond donors (Lipinski definition) is 1. The average Bonchev–Trinajstić information content (AvgIpc) is 3.55. The molecule has 0 bridgehead atoms. The topological polar surface area (TPSA) is 148 Å². The molecule has 2 unspecified atom stereocenters. The van der Waals surface area contributed by atoms with Gasteiger partial charge in [-0.05, 0) is 130 Å². The zero-order valence-corrected chi connectivity index (χ0v) is 41.0. The van der Waals surface area contributed by atoms with E-state index in [2.05, 4.69) is 93.3 Å². The summed E-state index contributed by atoms with van der Waals surface area (Å²) in [6.07, 6.45) is 15.4. The molecule has 1 aliphatic carbocycles. The second-order valence-corrected chi connectivity index (χ2v) is 21.0. The summed E-state index contributed by atoms with van der Waals surface area (Å²) in [6.45, 7) is 14.4. The third-order valence-corrected chi connectivity index (χ3v) is 14.3. The van der Waals surface area contributed by atoms with Gasteiger partial charge in [0, 0.05) is 47.0 Å². The maximum Gasteiger partial charge on any atom is 1.00 e. The van der Waals surface area contributed by atoms with E-state index in [4.69, 9.17) is 4.74 Å². The molecule has 328 valence electrons. The number of allylic oxidation sites excluding steroid dienone is 6. The third kappa shape index (κ3) is 11.7. The van der Waals surface area contributed by atoms with E-state index >= 15 is 0 Å². The van der Waals surface area contributed by atoms with Crippen molar-refractivity contribution >= 4 is 37.4 Å². The Labute approximate surface area is 392 Å². The summed E-state index contributed by atoms with van der Waals surface area (Å²) in [5.74, 6) is 1.07. The molecule has 1 N–H and O–H groups in total. The summed E-state index contributed by atoms with van der Waals surface area (Å²) in [4.78, 5) is 15.6. The third-order valence-electron chi connectivity index (χ3n) is 12.7. The van der Waals surface area contributed by atoms with Crippen LogP contribution in [-0.4, -0.2) is 56.6 Å². The van der Waals surface area contributed by atoms with Gasteiger partial charge in [-0.2, -0.15) is 0 Å². The first-order valence-electron chi connectivity index (χ1n) is 21.6. The number of para-hydroxylation sites is 2. The summed E-state index contributed by atoms with van der Waals surface area (Å²) in [7, 11) is -8.95. The van der Waals surface area contributed by atoms with Crippen molar-refractivity contribution in [3.05, 3.63) is 131 Å². The number of carbonyl (C=O) groups excluding carboxylic acids is 1. The number of Topliss-reactive ketones (excluding diaryl/α,β-unsaturated/α-hetero) is 1. The Morgan fingerprint density at radius 3 is 2.21 bits per heavy atom. The number of carbonyl (C=O) groups is 1. The summed E-state index contributed by atoms with van der Waals surface area (Å²) in [6, 6.07) is 22.6. The molecule has 6 rings (SSSR count). The zero-order valence-electron chi connectivity index (χ0n) is 37.4. The van der Waals surface area contributed by atoms with Gasteiger partial charge < -0.3 is 18.7 Å². The maximum absolute atomic E-state index is 12.3. The Morgan fingerprint density at radius 1 is 0.855 bits per heavy atom. The average molecular weight is 893 g/mol. The molecule has 0 saturated heterocycles. The zero-order chi connectivity index (χ0) is 44.2. The van der Waals surface area contributed by atoms with Crippen molar-refractivity contribution in [3.63, 3.8) is 0 Å². The van der Waals surface area contributed by atoms with Crippen LogP contribution in [0.15, 0.2) is 125 Å². The number of nitrogens with zero attached hydrogens (tertiary/aromatic N) is 1. The number of anilines is 1. The maximum atomic E-state index is 12.3. The van der Waals surface area contributed by atoms with Crippen LogP contribution in [0.25, 0.3) is 0 Å². The summed E-state index contributed by atoms with van der Waals surface area (Å²) >= 11 is 0. The molecule has 2 atom stereocenters. The number of ketones is 1. The number of rotatable bonds is 18. The molecule has 3 aromatic carbocycles. The van der Waals surface area contributed by atoms with Crippen molar-refractivity contribution in [2.24, 2.45) is 5.92 Å². The molecular formula is C49H61N2NaO8S2. The fraction of sp³-hybridized carbons (Fsp3) is 0.449. The Kier molecular flexibility index (Phi) is 16.6. The molecule has 3 aromatic rings. The van der Waals surface area contributed by atoms with Crippen molar-refractivity contribution in [1.29, 1.82) is 0 Å². The van der Waals surface area contributed by atoms with Crippen LogP contribution in [0.3, 0.4) is 0 Å². The van der Waals surface area contributed by atoms with E-state index in [1.165, 1.54) is 40.4 Å². The van der Waals surface area contributed by atoms with Gasteiger partial charge in [0.15, 0.2) is 0 Å². The van der Waals surface area contributed by atoms with Gasteiger partial charge in [0.1, 0.15) is 39.1 Å². The first-order valence-corrected chi connectivity index (χ1v) is 24.6. The summed E-state index contributed by atoms with van der Waals surface area (Å²) in [5, 5.41) is 0. The van der Waals surface area contributed by atoms with E-state index in [0.717, 1.165) is 73.2 Å². The van der Waals surface area contributed by atoms with Gasteiger partial charge >= 0.3 is 29.6 Å². The predicted molar refractivity (Wildman–Crippen MR) is 239 cm³/mol. The van der Waals surface area contributed by atoms with E-state index in [-0.39, 0.29) is 63.7 Å². The van der Waals surface area contributed by atoms with Crippen LogP contribution in [0.1, 0.15) is 110 Å². The van der Waals surface area contributed by atoms with Gasteiger partial charge in [0.2, 0.25) is 0 Å². The number of hydrogen-bond acceptors (Lipinski definition) is 9. The number of ether oxygens (including phenoxy) is 1. The minimum atomic E-state index is -4.64. The predicted octanol–water partition coefficient (Wildman–Crippen LogP) is 5.56. The van der Waals surface area contributed by atoms with Crippen molar-refractivity contribution < 1.29 is 69.9 Å². The first-order chi connectivity index (χ1) is 28.8. The van der Waals surface area contributed by atoms with Gasteiger partial charge in [0.25, 0.3) is 0 Å². The molecular weight excluding hydrogens is 832 g/mol. The van der Waals surface area contributed by atoms with E-state index in [9.17, 15) is 30.7 Å². The van der Waals surface area contributed by atoms with Crippen molar-refractivity contribution in [2.45, 2.75) is 121 Å². The minimum absolute atomic E-state index is 0. The van der Waals surface area contributed by atoms with Crippen LogP contribution in [-0.2, 0) is 35.9 Å². The SMILES string of the molecule is CC(C)C(=O)CCCCC[NH+]1c2ccccc2C(C)(C)C1/C=C/C1=C(Oc2ccc(S(=O)(=O)[O-])cc2)C(=C/C=C2/N(CCCCS(=O)(=O)[O-])c3ccccc3C2(C)C)/CCC1.[Na+]. The normalized spacial score (nSPS) is 20.8. The van der Waals surface area contributed by atoms with Gasteiger partial charge in [-0.3, -0.25) is 9.69 Å². The van der Waals surface area contributed by atoms with Crippen molar-refractivity contribution in [2.75, 3.05) is 23.7 Å². The molecule has 3 aliphatic rings. The van der Waals surface area contributed by atoms with Crippen molar-refractivity contribution in [3.8, 4) is 5.75 Å². The second-order valence-electron chi connectivity index (χ2n) is 18.1. The second kappa shape index (κ2) is 20.7. The monoisotopic (exact) mass is 892 g/mol. The molecule has 62 heavy (non-hydrogen) atoms. The number of fused-ring (bicyclic) bond motifs is 2. The fourth-order valence-corrected chi connectivity index (χ4v) is 10.3. The Morgan fingerprint density at radius 2 is 1.53 bits per heavy atom. The number of unbranched alkanes of at least 4 members (excludes halogenated alkanes) is 3. The van der Waals surface area contributed by atoms with Crippen molar-refractivity contribution in [1.82, 2.24) is 0 Å². The van der Waals surface area contributed by atoms with E-state index < -0.39 is 26.0 Å². The number of quaternary nitrogens is 1. The molecule has 0 spiro atoms. The standard InChI is InChI=1S/C49H62N2O8S2.Na/c1-35(2)44(52)23-8-7-13-32-50-42-21-11-9-19-40(42)48(3,4)45(50)30-24-36-17-16-18-37(47(36)59-38-26-28-39(29-27-38)61(56,57)58)25-31-46-49(5,6)41-20-10-12-22-43(41)51(46)33-14-15-34-60(53,54)55;/h9-12,19-22,24-31,35,45H,7-8,13-18,23,32-34H2,1-6H3,(H,53,54,55)(H,56,57,58);/q;+1/p-1/b30-24+,37-25+,46-31+;. The minimum Gasteiger partial charge on any atom is -0.748 e. The summed E-state index contributed by atoms with van der Waals surface area (Å²) < 4.78 is 76.1.